The Bertz CT molecular complexity index is 326. The van der Waals surface area contributed by atoms with Gasteiger partial charge in [0.05, 0.1) is 6.61 Å². The molecular formula is C14H24N2O. The van der Waals surface area contributed by atoms with E-state index >= 15 is 0 Å². The van der Waals surface area contributed by atoms with E-state index in [4.69, 9.17) is 4.74 Å². The Morgan fingerprint density at radius 1 is 1.18 bits per heavy atom. The highest BCUT2D eigenvalue weighted by Crippen LogP contribution is 2.19. The van der Waals surface area contributed by atoms with Crippen LogP contribution >= 0.6 is 0 Å². The molecule has 0 aromatic heterocycles. The number of nitrogens with one attached hydrogen (secondary N) is 2. The van der Waals surface area contributed by atoms with E-state index in [2.05, 4.69) is 35.8 Å². The highest BCUT2D eigenvalue weighted by Gasteiger charge is 2.00. The van der Waals surface area contributed by atoms with Crippen LogP contribution in [-0.4, -0.2) is 33.3 Å². The number of likely N-dealkylation sites (N-methyl/N-ethyl adjacent to an activating group) is 1. The van der Waals surface area contributed by atoms with Crippen molar-refractivity contribution in [3.05, 3.63) is 29.3 Å². The highest BCUT2D eigenvalue weighted by molar-refractivity contribution is 5.36. The van der Waals surface area contributed by atoms with E-state index in [1.54, 1.807) is 0 Å². The number of hydrogen-bond acceptors (Lipinski definition) is 3. The second kappa shape index (κ2) is 8.09. The molecule has 0 bridgehead atoms. The van der Waals surface area contributed by atoms with Crippen LogP contribution < -0.4 is 15.4 Å². The predicted molar refractivity (Wildman–Crippen MR) is 72.8 cm³/mol. The second-order valence-electron chi connectivity index (χ2n) is 4.14. The third-order valence-corrected chi connectivity index (χ3v) is 2.68. The number of hydrogen-bond donors (Lipinski definition) is 2. The average Bonchev–Trinajstić information content (AvgIpc) is 2.32. The van der Waals surface area contributed by atoms with Crippen molar-refractivity contribution in [2.24, 2.45) is 0 Å². The van der Waals surface area contributed by atoms with Gasteiger partial charge in [0.2, 0.25) is 0 Å². The molecule has 0 aliphatic heterocycles. The Morgan fingerprint density at radius 2 is 2.00 bits per heavy atom. The average molecular weight is 236 g/mol. The SMILES string of the molecule is CCOc1ccc(CCNCCNC)cc1C. The molecule has 1 rings (SSSR count). The zero-order chi connectivity index (χ0) is 12.5. The Balaban J connectivity index is 2.36. The van der Waals surface area contributed by atoms with Crippen molar-refractivity contribution >= 4 is 0 Å². The molecule has 0 unspecified atom stereocenters. The maximum Gasteiger partial charge on any atom is 0.122 e. The number of benzene rings is 1. The molecule has 0 amide bonds. The Labute approximate surface area is 105 Å². The predicted octanol–water partition coefficient (Wildman–Crippen LogP) is 1.75. The molecule has 0 aliphatic carbocycles. The van der Waals surface area contributed by atoms with Gasteiger partial charge in [-0.3, -0.25) is 0 Å². The first-order valence-electron chi connectivity index (χ1n) is 6.35. The molecule has 0 spiro atoms. The van der Waals surface area contributed by atoms with Gasteiger partial charge in [0.1, 0.15) is 5.75 Å². The molecule has 96 valence electrons. The third kappa shape index (κ3) is 5.20. The van der Waals surface area contributed by atoms with Crippen molar-refractivity contribution in [3.8, 4) is 5.75 Å². The van der Waals surface area contributed by atoms with Crippen molar-refractivity contribution < 1.29 is 4.74 Å². The summed E-state index contributed by atoms with van der Waals surface area (Å²) >= 11 is 0. The van der Waals surface area contributed by atoms with Gasteiger partial charge >= 0.3 is 0 Å². The van der Waals surface area contributed by atoms with Crippen molar-refractivity contribution in [2.45, 2.75) is 20.3 Å². The lowest BCUT2D eigenvalue weighted by molar-refractivity contribution is 0.338. The van der Waals surface area contributed by atoms with E-state index in [-0.39, 0.29) is 0 Å². The smallest absolute Gasteiger partial charge is 0.122 e. The summed E-state index contributed by atoms with van der Waals surface area (Å²) in [5.74, 6) is 0.999. The highest BCUT2D eigenvalue weighted by atomic mass is 16.5. The van der Waals surface area contributed by atoms with Gasteiger partial charge < -0.3 is 15.4 Å². The second-order valence-corrected chi connectivity index (χ2v) is 4.14. The van der Waals surface area contributed by atoms with Crippen LogP contribution in [0.5, 0.6) is 5.75 Å². The van der Waals surface area contributed by atoms with Crippen LogP contribution in [0.25, 0.3) is 0 Å². The van der Waals surface area contributed by atoms with E-state index in [0.717, 1.165) is 38.4 Å². The lowest BCUT2D eigenvalue weighted by atomic mass is 10.1. The first kappa shape index (κ1) is 14.0. The molecule has 0 aliphatic rings. The van der Waals surface area contributed by atoms with Crippen LogP contribution in [0.3, 0.4) is 0 Å². The summed E-state index contributed by atoms with van der Waals surface area (Å²) in [6, 6.07) is 6.43. The van der Waals surface area contributed by atoms with Crippen molar-refractivity contribution in [3.63, 3.8) is 0 Å². The number of aryl methyl sites for hydroxylation is 1. The molecule has 0 atom stereocenters. The zero-order valence-corrected chi connectivity index (χ0v) is 11.2. The largest absolute Gasteiger partial charge is 0.494 e. The first-order chi connectivity index (χ1) is 8.27. The maximum absolute atomic E-state index is 5.53. The molecule has 0 radical (unpaired) electrons. The Kier molecular flexibility index (Phi) is 6.67. The third-order valence-electron chi connectivity index (χ3n) is 2.68. The van der Waals surface area contributed by atoms with Gasteiger partial charge in [-0.2, -0.15) is 0 Å². The van der Waals surface area contributed by atoms with Gasteiger partial charge in [0.15, 0.2) is 0 Å². The minimum atomic E-state index is 0.728. The molecule has 3 heteroatoms. The fourth-order valence-electron chi connectivity index (χ4n) is 1.76. The molecule has 0 fully saturated rings. The molecule has 1 aromatic rings. The van der Waals surface area contributed by atoms with Crippen molar-refractivity contribution in [2.75, 3.05) is 33.3 Å². The molecule has 3 nitrogen and oxygen atoms in total. The summed E-state index contributed by atoms with van der Waals surface area (Å²) in [6.07, 6.45) is 1.07. The Morgan fingerprint density at radius 3 is 2.65 bits per heavy atom. The normalized spacial score (nSPS) is 10.5. The standard InChI is InChI=1S/C14H24N2O/c1-4-17-14-6-5-13(11-12(14)2)7-8-16-10-9-15-3/h5-6,11,15-16H,4,7-10H2,1-3H3. The minimum absolute atomic E-state index is 0.728. The summed E-state index contributed by atoms with van der Waals surface area (Å²) in [4.78, 5) is 0. The van der Waals surface area contributed by atoms with Crippen molar-refractivity contribution in [1.82, 2.24) is 10.6 Å². The summed E-state index contributed by atoms with van der Waals surface area (Å²) in [7, 11) is 1.97. The molecule has 0 saturated carbocycles. The lowest BCUT2D eigenvalue weighted by Gasteiger charge is -2.09. The molecule has 17 heavy (non-hydrogen) atoms. The number of rotatable bonds is 8. The molecule has 0 heterocycles. The van der Waals surface area contributed by atoms with Gasteiger partial charge in [0, 0.05) is 13.1 Å². The van der Waals surface area contributed by atoms with Crippen LogP contribution in [0, 0.1) is 6.92 Å². The summed E-state index contributed by atoms with van der Waals surface area (Å²) in [5, 5.41) is 6.52. The van der Waals surface area contributed by atoms with Gasteiger partial charge in [-0.15, -0.1) is 0 Å². The molecule has 0 saturated heterocycles. The quantitative estimate of drug-likeness (QED) is 0.675. The topological polar surface area (TPSA) is 33.3 Å². The first-order valence-corrected chi connectivity index (χ1v) is 6.35. The summed E-state index contributed by atoms with van der Waals surface area (Å²) < 4.78 is 5.53. The maximum atomic E-state index is 5.53. The van der Waals surface area contributed by atoms with Gasteiger partial charge in [-0.1, -0.05) is 12.1 Å². The van der Waals surface area contributed by atoms with E-state index < -0.39 is 0 Å². The van der Waals surface area contributed by atoms with Crippen LogP contribution in [0.15, 0.2) is 18.2 Å². The minimum Gasteiger partial charge on any atom is -0.494 e. The Hall–Kier alpha value is -1.06. The van der Waals surface area contributed by atoms with E-state index in [0.29, 0.717) is 0 Å². The molecule has 2 N–H and O–H groups in total. The van der Waals surface area contributed by atoms with E-state index in [1.165, 1.54) is 11.1 Å². The summed E-state index contributed by atoms with van der Waals surface area (Å²) in [6.45, 7) is 7.90. The van der Waals surface area contributed by atoms with E-state index in [9.17, 15) is 0 Å². The van der Waals surface area contributed by atoms with Gasteiger partial charge in [-0.25, -0.2) is 0 Å². The van der Waals surface area contributed by atoms with E-state index in [1.807, 2.05) is 14.0 Å². The van der Waals surface area contributed by atoms with Crippen LogP contribution in [0.2, 0.25) is 0 Å². The monoisotopic (exact) mass is 236 g/mol. The van der Waals surface area contributed by atoms with Crippen LogP contribution in [-0.2, 0) is 6.42 Å². The van der Waals surface area contributed by atoms with Gasteiger partial charge in [0.25, 0.3) is 0 Å². The summed E-state index contributed by atoms with van der Waals surface area (Å²) in [5.41, 5.74) is 2.59. The number of ether oxygens (including phenoxy) is 1. The fourth-order valence-corrected chi connectivity index (χ4v) is 1.76. The van der Waals surface area contributed by atoms with Crippen LogP contribution in [0.1, 0.15) is 18.1 Å². The van der Waals surface area contributed by atoms with Crippen molar-refractivity contribution in [1.29, 1.82) is 0 Å². The molecule has 1 aromatic carbocycles. The fraction of sp³-hybridized carbons (Fsp3) is 0.571. The zero-order valence-electron chi connectivity index (χ0n) is 11.2. The molecular weight excluding hydrogens is 212 g/mol. The van der Waals surface area contributed by atoms with Crippen LogP contribution in [0.4, 0.5) is 0 Å². The lowest BCUT2D eigenvalue weighted by Crippen LogP contribution is -2.26. The van der Waals surface area contributed by atoms with Gasteiger partial charge in [-0.05, 0) is 51.1 Å².